The second-order valence-electron chi connectivity index (χ2n) is 8.28. The molecule has 0 aromatic rings. The summed E-state index contributed by atoms with van der Waals surface area (Å²) in [6.07, 6.45) is -10.5. The Hall–Kier alpha value is -0.440. The summed E-state index contributed by atoms with van der Waals surface area (Å²) in [7, 11) is 0. The van der Waals surface area contributed by atoms with Crippen molar-refractivity contribution in [1.82, 2.24) is 0 Å². The maximum atomic E-state index is 10.6. The second kappa shape index (κ2) is 12.7. The number of ether oxygens (including phenoxy) is 4. The van der Waals surface area contributed by atoms with Gasteiger partial charge in [0.2, 0.25) is 0 Å². The Kier molecular flexibility index (Phi) is 11.0. The Balaban J connectivity index is 2.03. The van der Waals surface area contributed by atoms with Gasteiger partial charge in [-0.3, -0.25) is 0 Å². The van der Waals surface area contributed by atoms with Crippen molar-refractivity contribution in [1.29, 1.82) is 0 Å². The highest BCUT2D eigenvalue weighted by molar-refractivity contribution is 4.94. The van der Waals surface area contributed by atoms with E-state index in [1.807, 2.05) is 0 Å². The lowest BCUT2D eigenvalue weighted by atomic mass is 9.96. The molecule has 0 saturated carbocycles. The third-order valence-electron chi connectivity index (χ3n) is 5.85. The molecule has 2 saturated heterocycles. The summed E-state index contributed by atoms with van der Waals surface area (Å²) in [6.45, 7) is 3.24. The molecule has 0 spiro atoms. The summed E-state index contributed by atoms with van der Waals surface area (Å²) in [4.78, 5) is 0. The predicted octanol–water partition coefficient (Wildman–Crippen LogP) is -2.16. The van der Waals surface area contributed by atoms with E-state index in [4.69, 9.17) is 18.9 Å². The topological polar surface area (TPSA) is 179 Å². The molecule has 10 atom stereocenters. The minimum absolute atomic E-state index is 0.276. The highest BCUT2D eigenvalue weighted by atomic mass is 16.7. The van der Waals surface area contributed by atoms with Crippen LogP contribution in [0.25, 0.3) is 0 Å². The lowest BCUT2D eigenvalue weighted by molar-refractivity contribution is -0.360. The van der Waals surface area contributed by atoms with Crippen molar-refractivity contribution in [2.75, 3.05) is 19.8 Å². The normalized spacial score (nSPS) is 41.6. The van der Waals surface area contributed by atoms with Crippen LogP contribution in [0.15, 0.2) is 0 Å². The minimum Gasteiger partial charge on any atom is -0.394 e. The Morgan fingerprint density at radius 3 is 1.81 bits per heavy atom. The number of rotatable bonds is 11. The zero-order valence-electron chi connectivity index (χ0n) is 18.1. The molecule has 31 heavy (non-hydrogen) atoms. The third-order valence-corrected chi connectivity index (χ3v) is 5.85. The van der Waals surface area contributed by atoms with Crippen LogP contribution in [0.3, 0.4) is 0 Å². The Morgan fingerprint density at radius 2 is 1.26 bits per heavy atom. The zero-order chi connectivity index (χ0) is 23.1. The van der Waals surface area contributed by atoms with Crippen LogP contribution in [0.4, 0.5) is 0 Å². The largest absolute Gasteiger partial charge is 0.394 e. The van der Waals surface area contributed by atoms with Gasteiger partial charge < -0.3 is 54.7 Å². The van der Waals surface area contributed by atoms with Crippen LogP contribution in [-0.2, 0) is 18.9 Å². The van der Waals surface area contributed by atoms with Crippen LogP contribution in [0.2, 0.25) is 0 Å². The van der Waals surface area contributed by atoms with E-state index in [2.05, 4.69) is 13.8 Å². The lowest BCUT2D eigenvalue weighted by Gasteiger charge is -2.46. The molecule has 0 aromatic heterocycles. The Morgan fingerprint density at radius 1 is 0.710 bits per heavy atom. The maximum absolute atomic E-state index is 10.6. The summed E-state index contributed by atoms with van der Waals surface area (Å²) < 4.78 is 22.1. The summed E-state index contributed by atoms with van der Waals surface area (Å²) in [5.74, 6) is 0.276. The van der Waals surface area contributed by atoms with E-state index in [1.165, 1.54) is 0 Å². The number of aliphatic hydroxyl groups is 7. The van der Waals surface area contributed by atoms with Gasteiger partial charge in [0.1, 0.15) is 48.8 Å². The third kappa shape index (κ3) is 6.55. The molecule has 0 radical (unpaired) electrons. The summed E-state index contributed by atoms with van der Waals surface area (Å²) >= 11 is 0. The van der Waals surface area contributed by atoms with Gasteiger partial charge in [0.05, 0.1) is 19.8 Å². The van der Waals surface area contributed by atoms with E-state index in [-0.39, 0.29) is 5.92 Å². The molecule has 11 nitrogen and oxygen atoms in total. The number of aliphatic hydroxyl groups excluding tert-OH is 7. The molecular weight excluding hydrogens is 416 g/mol. The quantitative estimate of drug-likeness (QED) is 0.181. The number of hydrogen-bond acceptors (Lipinski definition) is 11. The van der Waals surface area contributed by atoms with Crippen LogP contribution in [0, 0.1) is 5.92 Å². The summed E-state index contributed by atoms with van der Waals surface area (Å²) in [5, 5.41) is 70.0. The van der Waals surface area contributed by atoms with Gasteiger partial charge in [-0.15, -0.1) is 0 Å². The fourth-order valence-corrected chi connectivity index (χ4v) is 4.05. The van der Waals surface area contributed by atoms with Gasteiger partial charge in [0.25, 0.3) is 0 Å². The van der Waals surface area contributed by atoms with E-state index < -0.39 is 74.6 Å². The fourth-order valence-electron chi connectivity index (χ4n) is 4.05. The van der Waals surface area contributed by atoms with Crippen molar-refractivity contribution < 1.29 is 54.7 Å². The second-order valence-corrected chi connectivity index (χ2v) is 8.28. The van der Waals surface area contributed by atoms with Crippen LogP contribution in [0.5, 0.6) is 0 Å². The van der Waals surface area contributed by atoms with E-state index in [0.717, 1.165) is 25.7 Å². The summed E-state index contributed by atoms with van der Waals surface area (Å²) in [5.41, 5.74) is 0. The lowest BCUT2D eigenvalue weighted by Crippen LogP contribution is -2.64. The van der Waals surface area contributed by atoms with Gasteiger partial charge in [0.15, 0.2) is 12.6 Å². The van der Waals surface area contributed by atoms with Crippen molar-refractivity contribution >= 4 is 0 Å². The molecule has 2 aliphatic rings. The predicted molar refractivity (Wildman–Crippen MR) is 106 cm³/mol. The molecule has 2 rings (SSSR count). The van der Waals surface area contributed by atoms with E-state index in [9.17, 15) is 35.7 Å². The van der Waals surface area contributed by atoms with Gasteiger partial charge in [-0.05, 0) is 18.8 Å². The molecule has 2 heterocycles. The Bertz CT molecular complexity index is 500. The van der Waals surface area contributed by atoms with Crippen LogP contribution in [0.1, 0.15) is 39.5 Å². The van der Waals surface area contributed by atoms with Crippen LogP contribution in [-0.4, -0.2) is 117 Å². The van der Waals surface area contributed by atoms with Crippen LogP contribution >= 0.6 is 0 Å². The van der Waals surface area contributed by atoms with Gasteiger partial charge in [-0.1, -0.05) is 26.7 Å². The van der Waals surface area contributed by atoms with E-state index >= 15 is 0 Å². The SMILES string of the molecule is CCCC(CCC)CO[C@@H]1OC(CO)[C@@H](O[C@H]2OC(CO)[C@@H](O)C(O)C2O)C(O)C1O. The van der Waals surface area contributed by atoms with Crippen molar-refractivity contribution in [3.63, 3.8) is 0 Å². The van der Waals surface area contributed by atoms with Crippen molar-refractivity contribution in [2.24, 2.45) is 5.92 Å². The molecule has 0 amide bonds. The van der Waals surface area contributed by atoms with Crippen molar-refractivity contribution in [2.45, 2.75) is 101 Å². The molecule has 6 unspecified atom stereocenters. The minimum atomic E-state index is -1.70. The molecule has 184 valence electrons. The summed E-state index contributed by atoms with van der Waals surface area (Å²) in [6, 6.07) is 0. The molecule has 7 N–H and O–H groups in total. The first-order valence-corrected chi connectivity index (χ1v) is 11.0. The first-order valence-electron chi connectivity index (χ1n) is 11.0. The molecule has 0 bridgehead atoms. The average molecular weight is 455 g/mol. The molecule has 0 aliphatic carbocycles. The van der Waals surface area contributed by atoms with Gasteiger partial charge in [-0.25, -0.2) is 0 Å². The van der Waals surface area contributed by atoms with Crippen molar-refractivity contribution in [3.8, 4) is 0 Å². The van der Waals surface area contributed by atoms with Crippen molar-refractivity contribution in [3.05, 3.63) is 0 Å². The smallest absolute Gasteiger partial charge is 0.187 e. The number of hydrogen-bond donors (Lipinski definition) is 7. The Labute approximate surface area is 182 Å². The van der Waals surface area contributed by atoms with E-state index in [1.54, 1.807) is 0 Å². The standard InChI is InChI=1S/C20H38O11/c1-3-5-10(6-4-2)9-28-19-17(27)15(25)18(12(8-22)30-19)31-20-16(26)14(24)13(23)11(7-21)29-20/h10-27H,3-9H2,1-2H3/t11?,12?,13-,14?,15?,16?,17?,18-,19-,20-/m1/s1. The van der Waals surface area contributed by atoms with Gasteiger partial charge in [-0.2, -0.15) is 0 Å². The maximum Gasteiger partial charge on any atom is 0.187 e. The molecule has 0 aromatic carbocycles. The first-order chi connectivity index (χ1) is 14.8. The average Bonchev–Trinajstić information content (AvgIpc) is 2.76. The van der Waals surface area contributed by atoms with Gasteiger partial charge >= 0.3 is 0 Å². The highest BCUT2D eigenvalue weighted by Gasteiger charge is 2.50. The zero-order valence-corrected chi connectivity index (χ0v) is 18.1. The van der Waals surface area contributed by atoms with Gasteiger partial charge in [0, 0.05) is 0 Å². The molecule has 2 aliphatic heterocycles. The first kappa shape index (κ1) is 26.8. The molecular formula is C20H38O11. The highest BCUT2D eigenvalue weighted by Crippen LogP contribution is 2.30. The fraction of sp³-hybridized carbons (Fsp3) is 1.00. The molecule has 11 heteroatoms. The van der Waals surface area contributed by atoms with Crippen LogP contribution < -0.4 is 0 Å². The molecule has 2 fully saturated rings. The van der Waals surface area contributed by atoms with E-state index in [0.29, 0.717) is 6.61 Å². The monoisotopic (exact) mass is 454 g/mol.